The predicted molar refractivity (Wildman–Crippen MR) is 49.3 cm³/mol. The van der Waals surface area contributed by atoms with Gasteiger partial charge in [-0.05, 0) is 31.1 Å². The third-order valence-corrected chi connectivity index (χ3v) is 2.64. The zero-order chi connectivity index (χ0) is 8.27. The summed E-state index contributed by atoms with van der Waals surface area (Å²) in [6, 6.07) is 0. The van der Waals surface area contributed by atoms with Crippen LogP contribution in [0.5, 0.6) is 0 Å². The topological polar surface area (TPSA) is 26.0 Å². The summed E-state index contributed by atoms with van der Waals surface area (Å²) in [5.41, 5.74) is 7.11. The van der Waals surface area contributed by atoms with Gasteiger partial charge in [0.25, 0.3) is 0 Å². The highest BCUT2D eigenvalue weighted by atomic mass is 14.5. The molecule has 1 unspecified atom stereocenters. The smallest absolute Gasteiger partial charge is 0.0109 e. The van der Waals surface area contributed by atoms with Crippen molar-refractivity contribution >= 4 is 0 Å². The average Bonchev–Trinajstić information content (AvgIpc) is 2.36. The first-order chi connectivity index (χ1) is 5.25. The normalized spacial score (nSPS) is 28.7. The van der Waals surface area contributed by atoms with Gasteiger partial charge in [0.05, 0.1) is 0 Å². The first-order valence-electron chi connectivity index (χ1n) is 4.64. The number of nitrogens with two attached hydrogens (primary N) is 1. The average molecular weight is 153 g/mol. The first kappa shape index (κ1) is 8.79. The Morgan fingerprint density at radius 1 is 1.64 bits per heavy atom. The summed E-state index contributed by atoms with van der Waals surface area (Å²) < 4.78 is 0. The van der Waals surface area contributed by atoms with Crippen LogP contribution < -0.4 is 5.73 Å². The minimum Gasteiger partial charge on any atom is -0.327 e. The van der Waals surface area contributed by atoms with Crippen LogP contribution in [0.2, 0.25) is 0 Å². The van der Waals surface area contributed by atoms with Crippen molar-refractivity contribution in [3.8, 4) is 0 Å². The van der Waals surface area contributed by atoms with Crippen molar-refractivity contribution in [1.82, 2.24) is 0 Å². The molecule has 1 heteroatoms. The summed E-state index contributed by atoms with van der Waals surface area (Å²) in [4.78, 5) is 0. The van der Waals surface area contributed by atoms with Crippen molar-refractivity contribution in [3.05, 3.63) is 11.6 Å². The molecule has 0 amide bonds. The molecule has 1 rings (SSSR count). The summed E-state index contributed by atoms with van der Waals surface area (Å²) in [5.74, 6) is 1.63. The Bertz CT molecular complexity index is 147. The van der Waals surface area contributed by atoms with E-state index in [9.17, 15) is 0 Å². The monoisotopic (exact) mass is 153 g/mol. The van der Waals surface area contributed by atoms with E-state index in [1.54, 1.807) is 5.57 Å². The van der Waals surface area contributed by atoms with Gasteiger partial charge in [-0.2, -0.15) is 0 Å². The highest BCUT2D eigenvalue weighted by molar-refractivity contribution is 5.12. The third-order valence-electron chi connectivity index (χ3n) is 2.64. The highest BCUT2D eigenvalue weighted by Gasteiger charge is 2.22. The van der Waals surface area contributed by atoms with Crippen LogP contribution in [0.25, 0.3) is 0 Å². The Balaban J connectivity index is 2.58. The molecule has 0 radical (unpaired) electrons. The second-order valence-electron chi connectivity index (χ2n) is 3.76. The molecule has 0 aromatic heterocycles. The van der Waals surface area contributed by atoms with Crippen molar-refractivity contribution in [3.63, 3.8) is 0 Å². The minimum atomic E-state index is 0.721. The van der Waals surface area contributed by atoms with Crippen molar-refractivity contribution in [2.75, 3.05) is 6.54 Å². The van der Waals surface area contributed by atoms with Gasteiger partial charge >= 0.3 is 0 Å². The molecule has 0 aliphatic heterocycles. The largest absolute Gasteiger partial charge is 0.327 e. The van der Waals surface area contributed by atoms with Crippen molar-refractivity contribution in [2.24, 2.45) is 17.6 Å². The van der Waals surface area contributed by atoms with Gasteiger partial charge in [0.15, 0.2) is 0 Å². The Morgan fingerprint density at radius 3 is 2.91 bits per heavy atom. The molecule has 0 spiro atoms. The number of hydrogen-bond acceptors (Lipinski definition) is 1. The molecular weight excluding hydrogens is 134 g/mol. The molecule has 0 bridgehead atoms. The quantitative estimate of drug-likeness (QED) is 0.605. The Morgan fingerprint density at radius 2 is 2.36 bits per heavy atom. The Hall–Kier alpha value is -0.300. The van der Waals surface area contributed by atoms with Crippen LogP contribution in [0.15, 0.2) is 11.6 Å². The van der Waals surface area contributed by atoms with E-state index in [1.807, 2.05) is 0 Å². The molecule has 1 atom stereocenters. The predicted octanol–water partition coefficient (Wildman–Crippen LogP) is 2.33. The van der Waals surface area contributed by atoms with Gasteiger partial charge in [0.2, 0.25) is 0 Å². The van der Waals surface area contributed by atoms with Gasteiger partial charge in [-0.15, -0.1) is 0 Å². The van der Waals surface area contributed by atoms with Crippen molar-refractivity contribution in [1.29, 1.82) is 0 Å². The van der Waals surface area contributed by atoms with Gasteiger partial charge in [0, 0.05) is 6.54 Å². The summed E-state index contributed by atoms with van der Waals surface area (Å²) in [5, 5.41) is 0. The summed E-state index contributed by atoms with van der Waals surface area (Å²) in [7, 11) is 0. The fraction of sp³-hybridized carbons (Fsp3) is 0.800. The zero-order valence-corrected chi connectivity index (χ0v) is 7.64. The Labute approximate surface area is 69.7 Å². The van der Waals surface area contributed by atoms with E-state index in [-0.39, 0.29) is 0 Å². The molecule has 0 heterocycles. The standard InChI is InChI=1S/C10H19N/c1-8(2)10-5-3-4-9(10)6-7-11/h6,8,10H,3-5,7,11H2,1-2H3/b9-6+. The second-order valence-corrected chi connectivity index (χ2v) is 3.76. The Kier molecular flexibility index (Phi) is 3.13. The van der Waals surface area contributed by atoms with Gasteiger partial charge in [-0.1, -0.05) is 25.5 Å². The fourth-order valence-electron chi connectivity index (χ4n) is 2.06. The van der Waals surface area contributed by atoms with Crippen LogP contribution in [0.3, 0.4) is 0 Å². The molecule has 1 nitrogen and oxygen atoms in total. The molecule has 0 aromatic rings. The van der Waals surface area contributed by atoms with Crippen LogP contribution in [0.4, 0.5) is 0 Å². The van der Waals surface area contributed by atoms with Crippen molar-refractivity contribution in [2.45, 2.75) is 33.1 Å². The zero-order valence-electron chi connectivity index (χ0n) is 7.64. The van der Waals surface area contributed by atoms with Crippen LogP contribution in [-0.4, -0.2) is 6.54 Å². The molecular formula is C10H19N. The lowest BCUT2D eigenvalue weighted by Crippen LogP contribution is -2.07. The molecule has 2 N–H and O–H groups in total. The lowest BCUT2D eigenvalue weighted by molar-refractivity contribution is 0.452. The summed E-state index contributed by atoms with van der Waals surface area (Å²) in [6.07, 6.45) is 6.26. The number of hydrogen-bond donors (Lipinski definition) is 1. The molecule has 0 aromatic carbocycles. The molecule has 1 saturated carbocycles. The van der Waals surface area contributed by atoms with E-state index < -0.39 is 0 Å². The molecule has 64 valence electrons. The maximum atomic E-state index is 5.49. The molecule has 11 heavy (non-hydrogen) atoms. The SMILES string of the molecule is CC(C)C1CCC/C1=C\CN. The van der Waals surface area contributed by atoms with Crippen LogP contribution in [0, 0.1) is 11.8 Å². The summed E-state index contributed by atoms with van der Waals surface area (Å²) >= 11 is 0. The van der Waals surface area contributed by atoms with E-state index in [0.717, 1.165) is 18.4 Å². The second kappa shape index (κ2) is 3.91. The minimum absolute atomic E-state index is 0.721. The van der Waals surface area contributed by atoms with Gasteiger partial charge in [0.1, 0.15) is 0 Å². The molecule has 1 fully saturated rings. The van der Waals surface area contributed by atoms with Crippen molar-refractivity contribution < 1.29 is 0 Å². The maximum Gasteiger partial charge on any atom is 0.0109 e. The van der Waals surface area contributed by atoms with E-state index in [0.29, 0.717) is 0 Å². The lowest BCUT2D eigenvalue weighted by atomic mass is 9.90. The van der Waals surface area contributed by atoms with E-state index in [4.69, 9.17) is 5.73 Å². The van der Waals surface area contributed by atoms with Crippen LogP contribution in [0.1, 0.15) is 33.1 Å². The number of allylic oxidation sites excluding steroid dienone is 1. The molecule has 1 aliphatic carbocycles. The summed E-state index contributed by atoms with van der Waals surface area (Å²) in [6.45, 7) is 5.33. The fourth-order valence-corrected chi connectivity index (χ4v) is 2.06. The molecule has 1 aliphatic rings. The van der Waals surface area contributed by atoms with E-state index in [1.165, 1.54) is 19.3 Å². The first-order valence-corrected chi connectivity index (χ1v) is 4.64. The number of rotatable bonds is 2. The van der Waals surface area contributed by atoms with Gasteiger partial charge in [-0.3, -0.25) is 0 Å². The van der Waals surface area contributed by atoms with Gasteiger partial charge < -0.3 is 5.73 Å². The lowest BCUT2D eigenvalue weighted by Gasteiger charge is -2.15. The van der Waals surface area contributed by atoms with Crippen LogP contribution >= 0.6 is 0 Å². The van der Waals surface area contributed by atoms with Gasteiger partial charge in [-0.25, -0.2) is 0 Å². The maximum absolute atomic E-state index is 5.49. The van der Waals surface area contributed by atoms with E-state index >= 15 is 0 Å². The third kappa shape index (κ3) is 2.06. The molecule has 0 saturated heterocycles. The van der Waals surface area contributed by atoms with E-state index in [2.05, 4.69) is 19.9 Å². The van der Waals surface area contributed by atoms with Crippen LogP contribution in [-0.2, 0) is 0 Å². The highest BCUT2D eigenvalue weighted by Crippen LogP contribution is 2.35.